The van der Waals surface area contributed by atoms with Gasteiger partial charge in [0.2, 0.25) is 0 Å². The van der Waals surface area contributed by atoms with E-state index in [9.17, 15) is 0 Å². The molecule has 0 fully saturated rings. The molecule has 3 nitrogen and oxygen atoms in total. The van der Waals surface area contributed by atoms with Crippen LogP contribution in [-0.2, 0) is 0 Å². The minimum absolute atomic E-state index is 0.290. The molecule has 0 saturated carbocycles. The topological polar surface area (TPSA) is 37.0 Å². The standard InChI is InChI=1S/C11H19N3/c1-9(2)14-8-11(12-3)10-6-4-5-7-13-10/h4-7,9,11-12,14H,8H2,1-3H3. The third-order valence-electron chi connectivity index (χ3n) is 2.12. The summed E-state index contributed by atoms with van der Waals surface area (Å²) in [6, 6.07) is 6.80. The molecule has 0 amide bonds. The highest BCUT2D eigenvalue weighted by molar-refractivity contribution is 5.08. The Morgan fingerprint density at radius 2 is 2.14 bits per heavy atom. The second kappa shape index (κ2) is 5.73. The van der Waals surface area contributed by atoms with E-state index in [0.29, 0.717) is 12.1 Å². The van der Waals surface area contributed by atoms with Crippen molar-refractivity contribution in [3.8, 4) is 0 Å². The van der Waals surface area contributed by atoms with Gasteiger partial charge < -0.3 is 10.6 Å². The summed E-state index contributed by atoms with van der Waals surface area (Å²) in [6.45, 7) is 5.20. The van der Waals surface area contributed by atoms with E-state index in [2.05, 4.69) is 29.5 Å². The van der Waals surface area contributed by atoms with Crippen molar-refractivity contribution in [2.24, 2.45) is 0 Å². The molecular formula is C11H19N3. The fourth-order valence-corrected chi connectivity index (χ4v) is 1.29. The van der Waals surface area contributed by atoms with Crippen LogP contribution in [0.5, 0.6) is 0 Å². The van der Waals surface area contributed by atoms with Crippen LogP contribution in [-0.4, -0.2) is 24.6 Å². The van der Waals surface area contributed by atoms with Gasteiger partial charge in [0, 0.05) is 18.8 Å². The quantitative estimate of drug-likeness (QED) is 0.741. The summed E-state index contributed by atoms with van der Waals surface area (Å²) < 4.78 is 0. The molecule has 2 N–H and O–H groups in total. The summed E-state index contributed by atoms with van der Waals surface area (Å²) >= 11 is 0. The maximum atomic E-state index is 4.33. The normalized spacial score (nSPS) is 13.1. The number of nitrogens with zero attached hydrogens (tertiary/aromatic N) is 1. The summed E-state index contributed by atoms with van der Waals surface area (Å²) in [5.41, 5.74) is 1.09. The lowest BCUT2D eigenvalue weighted by Gasteiger charge is -2.17. The number of hydrogen-bond donors (Lipinski definition) is 2. The molecule has 0 saturated heterocycles. The fourth-order valence-electron chi connectivity index (χ4n) is 1.29. The van der Waals surface area contributed by atoms with E-state index in [1.807, 2.05) is 31.4 Å². The summed E-state index contributed by atoms with van der Waals surface area (Å²) in [7, 11) is 1.96. The van der Waals surface area contributed by atoms with Crippen LogP contribution < -0.4 is 10.6 Å². The first-order valence-corrected chi connectivity index (χ1v) is 5.05. The van der Waals surface area contributed by atoms with Gasteiger partial charge in [-0.2, -0.15) is 0 Å². The molecule has 1 aromatic heterocycles. The molecule has 1 aromatic rings. The minimum atomic E-state index is 0.290. The average molecular weight is 193 g/mol. The lowest BCUT2D eigenvalue weighted by atomic mass is 10.2. The van der Waals surface area contributed by atoms with Gasteiger partial charge in [-0.1, -0.05) is 19.9 Å². The van der Waals surface area contributed by atoms with Crippen LogP contribution in [0.3, 0.4) is 0 Å². The number of pyridine rings is 1. The van der Waals surface area contributed by atoms with Crippen LogP contribution in [0.1, 0.15) is 25.6 Å². The smallest absolute Gasteiger partial charge is 0.0619 e. The Balaban J connectivity index is 2.54. The monoisotopic (exact) mass is 193 g/mol. The Labute approximate surface area is 85.9 Å². The molecule has 1 unspecified atom stereocenters. The molecule has 0 bridgehead atoms. The van der Waals surface area contributed by atoms with Gasteiger partial charge >= 0.3 is 0 Å². The number of aromatic nitrogens is 1. The predicted octanol–water partition coefficient (Wildman–Crippen LogP) is 1.34. The first kappa shape index (κ1) is 11.1. The number of rotatable bonds is 5. The van der Waals surface area contributed by atoms with E-state index < -0.39 is 0 Å². The van der Waals surface area contributed by atoms with Crippen LogP contribution in [0.4, 0.5) is 0 Å². The SMILES string of the molecule is CNC(CNC(C)C)c1ccccn1. The maximum absolute atomic E-state index is 4.33. The molecule has 1 atom stereocenters. The van der Waals surface area contributed by atoms with Crippen molar-refractivity contribution >= 4 is 0 Å². The van der Waals surface area contributed by atoms with Crippen LogP contribution in [0.25, 0.3) is 0 Å². The van der Waals surface area contributed by atoms with Crippen LogP contribution >= 0.6 is 0 Å². The van der Waals surface area contributed by atoms with Crippen LogP contribution in [0, 0.1) is 0 Å². The zero-order chi connectivity index (χ0) is 10.4. The minimum Gasteiger partial charge on any atom is -0.313 e. The summed E-state index contributed by atoms with van der Waals surface area (Å²) in [4.78, 5) is 4.33. The van der Waals surface area contributed by atoms with Crippen LogP contribution in [0.15, 0.2) is 24.4 Å². The summed E-state index contributed by atoms with van der Waals surface area (Å²) in [5.74, 6) is 0. The van der Waals surface area contributed by atoms with Crippen molar-refractivity contribution in [1.29, 1.82) is 0 Å². The lowest BCUT2D eigenvalue weighted by Crippen LogP contribution is -2.33. The van der Waals surface area contributed by atoms with Crippen molar-refractivity contribution in [3.63, 3.8) is 0 Å². The van der Waals surface area contributed by atoms with Crippen molar-refractivity contribution in [3.05, 3.63) is 30.1 Å². The number of nitrogens with one attached hydrogen (secondary N) is 2. The molecule has 0 aliphatic rings. The highest BCUT2D eigenvalue weighted by atomic mass is 15.0. The summed E-state index contributed by atoms with van der Waals surface area (Å²) in [5, 5.41) is 6.64. The molecule has 78 valence electrons. The van der Waals surface area contributed by atoms with Crippen LogP contribution in [0.2, 0.25) is 0 Å². The lowest BCUT2D eigenvalue weighted by molar-refractivity contribution is 0.484. The Morgan fingerprint density at radius 3 is 2.64 bits per heavy atom. The zero-order valence-electron chi connectivity index (χ0n) is 9.12. The van der Waals surface area contributed by atoms with E-state index in [4.69, 9.17) is 0 Å². The molecule has 14 heavy (non-hydrogen) atoms. The van der Waals surface area contributed by atoms with E-state index >= 15 is 0 Å². The summed E-state index contributed by atoms with van der Waals surface area (Å²) in [6.07, 6.45) is 1.83. The van der Waals surface area contributed by atoms with Crippen molar-refractivity contribution in [1.82, 2.24) is 15.6 Å². The largest absolute Gasteiger partial charge is 0.313 e. The highest BCUT2D eigenvalue weighted by Crippen LogP contribution is 2.07. The predicted molar refractivity (Wildman–Crippen MR) is 59.2 cm³/mol. The molecule has 1 rings (SSSR count). The van der Waals surface area contributed by atoms with Crippen molar-refractivity contribution in [2.75, 3.05) is 13.6 Å². The van der Waals surface area contributed by atoms with Crippen molar-refractivity contribution < 1.29 is 0 Å². The van der Waals surface area contributed by atoms with Gasteiger partial charge in [0.05, 0.1) is 11.7 Å². The third-order valence-corrected chi connectivity index (χ3v) is 2.12. The van der Waals surface area contributed by atoms with Gasteiger partial charge in [-0.25, -0.2) is 0 Å². The Morgan fingerprint density at radius 1 is 1.36 bits per heavy atom. The number of hydrogen-bond acceptors (Lipinski definition) is 3. The first-order valence-electron chi connectivity index (χ1n) is 5.05. The Bertz CT molecular complexity index is 246. The maximum Gasteiger partial charge on any atom is 0.0619 e. The van der Waals surface area contributed by atoms with Gasteiger partial charge in [0.15, 0.2) is 0 Å². The molecule has 3 heteroatoms. The van der Waals surface area contributed by atoms with Gasteiger partial charge in [-0.15, -0.1) is 0 Å². The fraction of sp³-hybridized carbons (Fsp3) is 0.545. The van der Waals surface area contributed by atoms with Gasteiger partial charge in [-0.3, -0.25) is 4.98 Å². The van der Waals surface area contributed by atoms with E-state index in [-0.39, 0.29) is 0 Å². The van der Waals surface area contributed by atoms with Gasteiger partial charge in [-0.05, 0) is 19.2 Å². The molecule has 0 aliphatic carbocycles. The molecule has 1 heterocycles. The van der Waals surface area contributed by atoms with Crippen molar-refractivity contribution in [2.45, 2.75) is 25.9 Å². The molecular weight excluding hydrogens is 174 g/mol. The first-order chi connectivity index (χ1) is 6.74. The Kier molecular flexibility index (Phi) is 4.56. The molecule has 0 radical (unpaired) electrons. The van der Waals surface area contributed by atoms with Gasteiger partial charge in [0.1, 0.15) is 0 Å². The molecule has 0 aromatic carbocycles. The van der Waals surface area contributed by atoms with Gasteiger partial charge in [0.25, 0.3) is 0 Å². The average Bonchev–Trinajstić information content (AvgIpc) is 2.20. The van der Waals surface area contributed by atoms with E-state index in [1.54, 1.807) is 0 Å². The number of likely N-dealkylation sites (N-methyl/N-ethyl adjacent to an activating group) is 1. The molecule has 0 spiro atoms. The highest BCUT2D eigenvalue weighted by Gasteiger charge is 2.09. The van der Waals surface area contributed by atoms with E-state index in [0.717, 1.165) is 12.2 Å². The third kappa shape index (κ3) is 3.44. The second-order valence-corrected chi connectivity index (χ2v) is 3.66. The zero-order valence-corrected chi connectivity index (χ0v) is 9.12. The Hall–Kier alpha value is -0.930. The second-order valence-electron chi connectivity index (χ2n) is 3.66. The van der Waals surface area contributed by atoms with E-state index in [1.165, 1.54) is 0 Å². The molecule has 0 aliphatic heterocycles.